The van der Waals surface area contributed by atoms with Gasteiger partial charge in [0.1, 0.15) is 11.4 Å². The van der Waals surface area contributed by atoms with Crippen LogP contribution in [0.2, 0.25) is 5.02 Å². The molecule has 0 amide bonds. The lowest BCUT2D eigenvalue weighted by atomic mass is 10.2. The van der Waals surface area contributed by atoms with Gasteiger partial charge in [-0.25, -0.2) is 0 Å². The fraction of sp³-hybridized carbons (Fsp3) is 0.143. The van der Waals surface area contributed by atoms with E-state index in [2.05, 4.69) is 21.2 Å². The maximum atomic E-state index is 11.1. The van der Waals surface area contributed by atoms with Gasteiger partial charge in [0.05, 0.1) is 18.1 Å². The number of anilines is 1. The predicted octanol–water partition coefficient (Wildman–Crippen LogP) is 4.63. The molecule has 0 atom stereocenters. The van der Waals surface area contributed by atoms with E-state index < -0.39 is 4.92 Å². The average Bonchev–Trinajstić information content (AvgIpc) is 2.48. The summed E-state index contributed by atoms with van der Waals surface area (Å²) in [5.41, 5.74) is 1.22. The Balaban J connectivity index is 2.23. The number of hydrogen-bond donors (Lipinski definition) is 1. The zero-order valence-electron chi connectivity index (χ0n) is 11.1. The van der Waals surface area contributed by atoms with Crippen LogP contribution < -0.4 is 10.1 Å². The van der Waals surface area contributed by atoms with Crippen LogP contribution in [-0.4, -0.2) is 12.0 Å². The van der Waals surface area contributed by atoms with Crippen LogP contribution in [-0.2, 0) is 6.54 Å². The van der Waals surface area contributed by atoms with Gasteiger partial charge in [0.2, 0.25) is 0 Å². The Kier molecular flexibility index (Phi) is 5.03. The molecule has 0 heterocycles. The number of benzene rings is 2. The SMILES string of the molecule is COc1ccc(NCc2cc(Br)ccc2Cl)c([N+](=O)[O-])c1. The number of nitrogens with zero attached hydrogens (tertiary/aromatic N) is 1. The van der Waals surface area contributed by atoms with Gasteiger partial charge in [-0.15, -0.1) is 0 Å². The monoisotopic (exact) mass is 370 g/mol. The summed E-state index contributed by atoms with van der Waals surface area (Å²) < 4.78 is 5.89. The summed E-state index contributed by atoms with van der Waals surface area (Å²) in [6.07, 6.45) is 0. The van der Waals surface area contributed by atoms with E-state index in [-0.39, 0.29) is 5.69 Å². The minimum absolute atomic E-state index is 0.0412. The number of nitrogens with one attached hydrogen (secondary N) is 1. The van der Waals surface area contributed by atoms with E-state index >= 15 is 0 Å². The highest BCUT2D eigenvalue weighted by Crippen LogP contribution is 2.30. The number of rotatable bonds is 5. The fourth-order valence-electron chi connectivity index (χ4n) is 1.81. The largest absolute Gasteiger partial charge is 0.496 e. The van der Waals surface area contributed by atoms with Crippen LogP contribution in [0.4, 0.5) is 11.4 Å². The third kappa shape index (κ3) is 3.86. The number of nitro groups is 1. The molecule has 0 saturated heterocycles. The summed E-state index contributed by atoms with van der Waals surface area (Å²) in [6.45, 7) is 0.380. The molecule has 0 aliphatic rings. The Labute approximate surface area is 135 Å². The van der Waals surface area contributed by atoms with Crippen LogP contribution in [0, 0.1) is 10.1 Å². The first-order valence-corrected chi connectivity index (χ1v) is 7.18. The number of halogens is 2. The molecule has 0 aliphatic carbocycles. The maximum Gasteiger partial charge on any atom is 0.296 e. The Bertz CT molecular complexity index is 679. The fourth-order valence-corrected chi connectivity index (χ4v) is 2.40. The molecule has 110 valence electrons. The molecule has 0 spiro atoms. The summed E-state index contributed by atoms with van der Waals surface area (Å²) in [5, 5.41) is 14.7. The van der Waals surface area contributed by atoms with Crippen molar-refractivity contribution in [3.05, 3.63) is 61.6 Å². The minimum atomic E-state index is -0.451. The standard InChI is InChI=1S/C14H12BrClN2O3/c1-21-11-3-5-13(14(7-11)18(19)20)17-8-9-6-10(15)2-4-12(9)16/h2-7,17H,8H2,1H3. The number of nitro benzene ring substituents is 1. The normalized spacial score (nSPS) is 10.2. The first-order chi connectivity index (χ1) is 10.0. The predicted molar refractivity (Wildman–Crippen MR) is 86.1 cm³/mol. The molecule has 0 radical (unpaired) electrons. The van der Waals surface area contributed by atoms with Crippen molar-refractivity contribution in [2.45, 2.75) is 6.54 Å². The van der Waals surface area contributed by atoms with Gasteiger partial charge in [-0.3, -0.25) is 10.1 Å². The molecule has 1 N–H and O–H groups in total. The van der Waals surface area contributed by atoms with E-state index in [9.17, 15) is 10.1 Å². The first-order valence-electron chi connectivity index (χ1n) is 6.01. The van der Waals surface area contributed by atoms with Gasteiger partial charge < -0.3 is 10.1 Å². The molecular formula is C14H12BrClN2O3. The van der Waals surface area contributed by atoms with Crippen LogP contribution in [0.15, 0.2) is 40.9 Å². The topological polar surface area (TPSA) is 64.4 Å². The van der Waals surface area contributed by atoms with Crippen molar-refractivity contribution < 1.29 is 9.66 Å². The van der Waals surface area contributed by atoms with Crippen LogP contribution >= 0.6 is 27.5 Å². The molecule has 0 saturated carbocycles. The molecule has 0 fully saturated rings. The van der Waals surface area contributed by atoms with E-state index in [1.165, 1.54) is 13.2 Å². The lowest BCUT2D eigenvalue weighted by Crippen LogP contribution is -2.03. The minimum Gasteiger partial charge on any atom is -0.496 e. The van der Waals surface area contributed by atoms with Crippen LogP contribution in [0.25, 0.3) is 0 Å². The van der Waals surface area contributed by atoms with Crippen LogP contribution in [0.3, 0.4) is 0 Å². The zero-order valence-corrected chi connectivity index (χ0v) is 13.4. The Hall–Kier alpha value is -1.79. The highest BCUT2D eigenvalue weighted by molar-refractivity contribution is 9.10. The summed E-state index contributed by atoms with van der Waals surface area (Å²) in [7, 11) is 1.47. The van der Waals surface area contributed by atoms with Crippen molar-refractivity contribution in [3.63, 3.8) is 0 Å². The third-order valence-electron chi connectivity index (χ3n) is 2.88. The van der Waals surface area contributed by atoms with Gasteiger partial charge in [0.25, 0.3) is 5.69 Å². The molecule has 2 rings (SSSR count). The second-order valence-electron chi connectivity index (χ2n) is 4.23. The summed E-state index contributed by atoms with van der Waals surface area (Å²) >= 11 is 9.47. The van der Waals surface area contributed by atoms with E-state index in [4.69, 9.17) is 16.3 Å². The molecule has 5 nitrogen and oxygen atoms in total. The number of methoxy groups -OCH3 is 1. The van der Waals surface area contributed by atoms with Gasteiger partial charge in [0.15, 0.2) is 0 Å². The van der Waals surface area contributed by atoms with Gasteiger partial charge in [0, 0.05) is 16.0 Å². The van der Waals surface area contributed by atoms with Crippen LogP contribution in [0.5, 0.6) is 5.75 Å². The Morgan fingerprint density at radius 2 is 2.10 bits per heavy atom. The quantitative estimate of drug-likeness (QED) is 0.614. The first kappa shape index (κ1) is 15.6. The van der Waals surface area contributed by atoms with Crippen molar-refractivity contribution in [1.29, 1.82) is 0 Å². The zero-order chi connectivity index (χ0) is 15.4. The Morgan fingerprint density at radius 3 is 2.76 bits per heavy atom. The molecule has 0 aromatic heterocycles. The van der Waals surface area contributed by atoms with Crippen molar-refractivity contribution in [3.8, 4) is 5.75 Å². The van der Waals surface area contributed by atoms with Crippen molar-refractivity contribution in [1.82, 2.24) is 0 Å². The van der Waals surface area contributed by atoms with E-state index in [0.29, 0.717) is 23.0 Å². The van der Waals surface area contributed by atoms with E-state index in [1.54, 1.807) is 18.2 Å². The van der Waals surface area contributed by atoms with E-state index in [0.717, 1.165) is 10.0 Å². The van der Waals surface area contributed by atoms with Crippen LogP contribution in [0.1, 0.15) is 5.56 Å². The smallest absolute Gasteiger partial charge is 0.296 e. The van der Waals surface area contributed by atoms with Gasteiger partial charge >= 0.3 is 0 Å². The van der Waals surface area contributed by atoms with Gasteiger partial charge in [-0.2, -0.15) is 0 Å². The van der Waals surface area contributed by atoms with E-state index in [1.807, 2.05) is 12.1 Å². The lowest BCUT2D eigenvalue weighted by molar-refractivity contribution is -0.384. The second-order valence-corrected chi connectivity index (χ2v) is 5.55. The molecule has 2 aromatic rings. The number of hydrogen-bond acceptors (Lipinski definition) is 4. The molecular weight excluding hydrogens is 360 g/mol. The molecule has 0 bridgehead atoms. The lowest BCUT2D eigenvalue weighted by Gasteiger charge is -2.10. The molecule has 7 heteroatoms. The van der Waals surface area contributed by atoms with Gasteiger partial charge in [-0.05, 0) is 35.9 Å². The third-order valence-corrected chi connectivity index (χ3v) is 3.74. The van der Waals surface area contributed by atoms with Gasteiger partial charge in [-0.1, -0.05) is 27.5 Å². The van der Waals surface area contributed by atoms with Crippen molar-refractivity contribution in [2.75, 3.05) is 12.4 Å². The summed E-state index contributed by atoms with van der Waals surface area (Å²) in [4.78, 5) is 10.6. The molecule has 0 unspecified atom stereocenters. The average molecular weight is 372 g/mol. The molecule has 0 aliphatic heterocycles. The Morgan fingerprint density at radius 1 is 1.33 bits per heavy atom. The summed E-state index contributed by atoms with van der Waals surface area (Å²) in [5.74, 6) is 0.438. The van der Waals surface area contributed by atoms with Crippen molar-refractivity contribution in [2.24, 2.45) is 0 Å². The second kappa shape index (κ2) is 6.78. The maximum absolute atomic E-state index is 11.1. The molecule has 21 heavy (non-hydrogen) atoms. The molecule has 2 aromatic carbocycles. The van der Waals surface area contributed by atoms with Crippen molar-refractivity contribution >= 4 is 38.9 Å². The highest BCUT2D eigenvalue weighted by atomic mass is 79.9. The number of ether oxygens (including phenoxy) is 1. The summed E-state index contributed by atoms with van der Waals surface area (Å²) in [6, 6.07) is 10.1. The highest BCUT2D eigenvalue weighted by Gasteiger charge is 2.15.